The van der Waals surface area contributed by atoms with E-state index in [9.17, 15) is 18.0 Å². The van der Waals surface area contributed by atoms with Gasteiger partial charge in [0.1, 0.15) is 0 Å². The van der Waals surface area contributed by atoms with Crippen molar-refractivity contribution < 1.29 is 32.2 Å². The van der Waals surface area contributed by atoms with Crippen molar-refractivity contribution >= 4 is 27.6 Å². The Morgan fingerprint density at radius 1 is 1.06 bits per heavy atom. The van der Waals surface area contributed by atoms with Crippen molar-refractivity contribution in [1.82, 2.24) is 4.72 Å². The van der Waals surface area contributed by atoms with Crippen LogP contribution in [0.1, 0.15) is 18.4 Å². The molecule has 0 aliphatic carbocycles. The number of amides is 1. The first-order chi connectivity index (χ1) is 15.4. The number of hydrogen-bond donors (Lipinski definition) is 1. The zero-order valence-electron chi connectivity index (χ0n) is 17.4. The fourth-order valence-corrected chi connectivity index (χ4v) is 4.62. The topological polar surface area (TPSA) is 111 Å². The maximum absolute atomic E-state index is 12.5. The van der Waals surface area contributed by atoms with Crippen molar-refractivity contribution in [2.24, 2.45) is 0 Å². The highest BCUT2D eigenvalue weighted by molar-refractivity contribution is 7.89. The normalized spacial score (nSPS) is 15.1. The number of carbonyl (C=O) groups is 2. The number of rotatable bonds is 7. The molecular formula is C22H24N2O7S. The van der Waals surface area contributed by atoms with E-state index in [0.29, 0.717) is 37.7 Å². The summed E-state index contributed by atoms with van der Waals surface area (Å²) in [6, 6.07) is 12.0. The zero-order valence-corrected chi connectivity index (χ0v) is 18.2. The molecule has 0 saturated heterocycles. The number of hydrogen-bond acceptors (Lipinski definition) is 7. The number of para-hydroxylation sites is 1. The van der Waals surface area contributed by atoms with Gasteiger partial charge in [-0.05, 0) is 30.2 Å². The molecule has 0 aromatic heterocycles. The zero-order chi connectivity index (χ0) is 22.6. The predicted molar refractivity (Wildman–Crippen MR) is 115 cm³/mol. The lowest BCUT2D eigenvalue weighted by molar-refractivity contribution is -0.147. The molecule has 0 spiro atoms. The maximum atomic E-state index is 12.5. The average Bonchev–Trinajstić information content (AvgIpc) is 3.07. The number of esters is 1. The second-order valence-corrected chi connectivity index (χ2v) is 9.16. The van der Waals surface area contributed by atoms with E-state index in [4.69, 9.17) is 14.2 Å². The highest BCUT2D eigenvalue weighted by Crippen LogP contribution is 2.32. The van der Waals surface area contributed by atoms with Gasteiger partial charge in [0.15, 0.2) is 18.1 Å². The molecule has 1 amide bonds. The molecule has 2 heterocycles. The standard InChI is InChI=1S/C22H24N2O7S/c25-21(24-11-9-16-4-1-2-5-18(16)24)15-31-22(26)8-10-23-32(27,28)17-6-7-19-20(14-17)30-13-3-12-29-19/h1-2,4-7,14,23H,3,8-13,15H2. The van der Waals surface area contributed by atoms with Crippen LogP contribution in [0.2, 0.25) is 0 Å². The molecule has 2 aliphatic rings. The Balaban J connectivity index is 1.25. The fourth-order valence-electron chi connectivity index (χ4n) is 3.57. The molecule has 0 unspecified atom stereocenters. The summed E-state index contributed by atoms with van der Waals surface area (Å²) >= 11 is 0. The van der Waals surface area contributed by atoms with Crippen molar-refractivity contribution in [3.8, 4) is 11.5 Å². The van der Waals surface area contributed by atoms with Gasteiger partial charge in [-0.25, -0.2) is 13.1 Å². The minimum Gasteiger partial charge on any atom is -0.490 e. The van der Waals surface area contributed by atoms with Gasteiger partial charge in [-0.1, -0.05) is 18.2 Å². The van der Waals surface area contributed by atoms with E-state index < -0.39 is 16.0 Å². The molecule has 0 radical (unpaired) electrons. The Kier molecular flexibility index (Phi) is 6.61. The van der Waals surface area contributed by atoms with Crippen LogP contribution >= 0.6 is 0 Å². The van der Waals surface area contributed by atoms with Crippen LogP contribution in [0.25, 0.3) is 0 Å². The summed E-state index contributed by atoms with van der Waals surface area (Å²) < 4.78 is 43.5. The van der Waals surface area contributed by atoms with E-state index in [1.165, 1.54) is 12.1 Å². The maximum Gasteiger partial charge on any atom is 0.307 e. The summed E-state index contributed by atoms with van der Waals surface area (Å²) in [7, 11) is -3.85. The first-order valence-corrected chi connectivity index (χ1v) is 11.9. The molecule has 10 heteroatoms. The van der Waals surface area contributed by atoms with Crippen molar-refractivity contribution in [3.63, 3.8) is 0 Å². The number of carbonyl (C=O) groups excluding carboxylic acids is 2. The van der Waals surface area contributed by atoms with Gasteiger partial charge in [-0.15, -0.1) is 0 Å². The van der Waals surface area contributed by atoms with Crippen molar-refractivity contribution in [2.75, 3.05) is 37.8 Å². The Morgan fingerprint density at radius 2 is 1.84 bits per heavy atom. The van der Waals surface area contributed by atoms with E-state index >= 15 is 0 Å². The SMILES string of the molecule is O=C(CCNS(=O)(=O)c1ccc2c(c1)OCCCO2)OCC(=O)N1CCc2ccccc21. The number of fused-ring (bicyclic) bond motifs is 2. The van der Waals surface area contributed by atoms with Crippen LogP contribution in [0, 0.1) is 0 Å². The van der Waals surface area contributed by atoms with E-state index in [-0.39, 0.29) is 30.4 Å². The van der Waals surface area contributed by atoms with Gasteiger partial charge in [0.2, 0.25) is 10.0 Å². The van der Waals surface area contributed by atoms with Crippen LogP contribution in [-0.4, -0.2) is 53.2 Å². The lowest BCUT2D eigenvalue weighted by atomic mass is 10.2. The van der Waals surface area contributed by atoms with Crippen LogP contribution < -0.4 is 19.1 Å². The summed E-state index contributed by atoms with van der Waals surface area (Å²) in [4.78, 5) is 26.0. The van der Waals surface area contributed by atoms with Crippen LogP contribution in [-0.2, 0) is 30.8 Å². The Labute approximate surface area is 186 Å². The Morgan fingerprint density at radius 3 is 2.69 bits per heavy atom. The van der Waals surface area contributed by atoms with Crippen molar-refractivity contribution in [3.05, 3.63) is 48.0 Å². The predicted octanol–water partition coefficient (Wildman–Crippen LogP) is 1.65. The van der Waals surface area contributed by atoms with E-state index in [1.54, 1.807) is 11.0 Å². The number of nitrogens with zero attached hydrogens (tertiary/aromatic N) is 1. The summed E-state index contributed by atoms with van der Waals surface area (Å²) in [5.74, 6) is -0.106. The van der Waals surface area contributed by atoms with E-state index in [2.05, 4.69) is 4.72 Å². The molecule has 0 saturated carbocycles. The minimum absolute atomic E-state index is 0.0120. The Hall–Kier alpha value is -3.11. The smallest absolute Gasteiger partial charge is 0.307 e. The third kappa shape index (κ3) is 5.03. The monoisotopic (exact) mass is 460 g/mol. The number of nitrogens with one attached hydrogen (secondary N) is 1. The van der Waals surface area contributed by atoms with E-state index in [0.717, 1.165) is 17.7 Å². The molecule has 4 rings (SSSR count). The van der Waals surface area contributed by atoms with Gasteiger partial charge >= 0.3 is 5.97 Å². The lowest BCUT2D eigenvalue weighted by Crippen LogP contribution is -2.33. The number of benzene rings is 2. The average molecular weight is 461 g/mol. The van der Waals surface area contributed by atoms with Crippen LogP contribution in [0.5, 0.6) is 11.5 Å². The first-order valence-electron chi connectivity index (χ1n) is 10.4. The molecule has 170 valence electrons. The lowest BCUT2D eigenvalue weighted by Gasteiger charge is -2.17. The summed E-state index contributed by atoms with van der Waals surface area (Å²) in [5.41, 5.74) is 1.91. The molecule has 2 aromatic rings. The minimum atomic E-state index is -3.85. The molecule has 1 N–H and O–H groups in total. The second-order valence-electron chi connectivity index (χ2n) is 7.39. The first kappa shape index (κ1) is 22.1. The summed E-state index contributed by atoms with van der Waals surface area (Å²) in [6.45, 7) is 0.952. The molecule has 2 aromatic carbocycles. The quantitative estimate of drug-likeness (QED) is 0.626. The third-order valence-corrected chi connectivity index (χ3v) is 6.65. The van der Waals surface area contributed by atoms with Gasteiger partial charge in [0.25, 0.3) is 5.91 Å². The van der Waals surface area contributed by atoms with E-state index in [1.807, 2.05) is 24.3 Å². The fraction of sp³-hybridized carbons (Fsp3) is 0.364. The highest BCUT2D eigenvalue weighted by atomic mass is 32.2. The number of ether oxygens (including phenoxy) is 3. The second kappa shape index (κ2) is 9.58. The molecular weight excluding hydrogens is 436 g/mol. The van der Waals surface area contributed by atoms with Gasteiger partial charge in [-0.3, -0.25) is 9.59 Å². The van der Waals surface area contributed by atoms with Gasteiger partial charge in [-0.2, -0.15) is 0 Å². The number of sulfonamides is 1. The summed E-state index contributed by atoms with van der Waals surface area (Å²) in [5, 5.41) is 0. The van der Waals surface area contributed by atoms with Gasteiger partial charge in [0, 0.05) is 31.3 Å². The highest BCUT2D eigenvalue weighted by Gasteiger charge is 2.25. The molecule has 0 atom stereocenters. The Bertz CT molecular complexity index is 1120. The van der Waals surface area contributed by atoms with Crippen molar-refractivity contribution in [2.45, 2.75) is 24.2 Å². The summed E-state index contributed by atoms with van der Waals surface area (Å²) in [6.07, 6.45) is 1.27. The molecule has 9 nitrogen and oxygen atoms in total. The largest absolute Gasteiger partial charge is 0.490 e. The number of anilines is 1. The van der Waals surface area contributed by atoms with Crippen LogP contribution in [0.3, 0.4) is 0 Å². The van der Waals surface area contributed by atoms with Crippen molar-refractivity contribution in [1.29, 1.82) is 0 Å². The van der Waals surface area contributed by atoms with Crippen LogP contribution in [0.15, 0.2) is 47.4 Å². The van der Waals surface area contributed by atoms with Gasteiger partial charge in [0.05, 0.1) is 24.5 Å². The molecule has 32 heavy (non-hydrogen) atoms. The van der Waals surface area contributed by atoms with Gasteiger partial charge < -0.3 is 19.1 Å². The third-order valence-electron chi connectivity index (χ3n) is 5.20. The molecule has 0 fully saturated rings. The van der Waals surface area contributed by atoms with Crippen LogP contribution in [0.4, 0.5) is 5.69 Å². The molecule has 2 aliphatic heterocycles. The molecule has 0 bridgehead atoms.